The number of carbonyl (C=O) groups excluding carboxylic acids is 2. The van der Waals surface area contributed by atoms with Crippen LogP contribution in [0.5, 0.6) is 0 Å². The lowest BCUT2D eigenvalue weighted by Gasteiger charge is -2.06. The van der Waals surface area contributed by atoms with Crippen molar-refractivity contribution < 1.29 is 9.59 Å². The summed E-state index contributed by atoms with van der Waals surface area (Å²) in [6, 6.07) is 9.92. The third-order valence-electron chi connectivity index (χ3n) is 1.91. The van der Waals surface area contributed by atoms with E-state index in [1.165, 1.54) is 0 Å². The summed E-state index contributed by atoms with van der Waals surface area (Å²) in [5, 5.41) is 21.7. The Morgan fingerprint density at radius 1 is 1.00 bits per heavy atom. The van der Waals surface area contributed by atoms with Crippen LogP contribution in [0, 0.1) is 22.7 Å². The fourth-order valence-corrected chi connectivity index (χ4v) is 1.23. The molecule has 0 spiro atoms. The van der Waals surface area contributed by atoms with Crippen LogP contribution in [0.4, 0.5) is 11.4 Å². The van der Waals surface area contributed by atoms with E-state index in [2.05, 4.69) is 10.6 Å². The van der Waals surface area contributed by atoms with Gasteiger partial charge in [-0.25, -0.2) is 0 Å². The first kappa shape index (κ1) is 13.2. The second-order valence-electron chi connectivity index (χ2n) is 3.35. The third-order valence-corrected chi connectivity index (χ3v) is 1.91. The summed E-state index contributed by atoms with van der Waals surface area (Å²) in [7, 11) is 0. The number of benzene rings is 1. The number of hydrogen-bond acceptors (Lipinski definition) is 4. The average molecular weight is 242 g/mol. The molecule has 0 aliphatic heterocycles. The summed E-state index contributed by atoms with van der Waals surface area (Å²) in [5.41, 5.74) is 0.954. The molecule has 0 fully saturated rings. The predicted octanol–water partition coefficient (Wildman–Crippen LogP) is 1.39. The van der Waals surface area contributed by atoms with Gasteiger partial charge >= 0.3 is 0 Å². The molecular formula is C12H10N4O2. The normalized spacial score (nSPS) is 8.78. The molecule has 90 valence electrons. The van der Waals surface area contributed by atoms with Crippen molar-refractivity contribution in [2.24, 2.45) is 0 Å². The highest BCUT2D eigenvalue weighted by Gasteiger charge is 2.04. The Bertz CT molecular complexity index is 494. The molecule has 0 unspecified atom stereocenters. The molecule has 2 N–H and O–H groups in total. The molecule has 0 saturated heterocycles. The van der Waals surface area contributed by atoms with Gasteiger partial charge in [-0.1, -0.05) is 6.07 Å². The predicted molar refractivity (Wildman–Crippen MR) is 64.2 cm³/mol. The van der Waals surface area contributed by atoms with Crippen LogP contribution < -0.4 is 10.6 Å². The zero-order valence-electron chi connectivity index (χ0n) is 9.43. The molecule has 0 heterocycles. The van der Waals surface area contributed by atoms with Crippen LogP contribution in [-0.4, -0.2) is 11.8 Å². The first-order chi connectivity index (χ1) is 8.65. The Labute approximate surface area is 104 Å². The molecule has 1 aromatic carbocycles. The first-order valence-corrected chi connectivity index (χ1v) is 5.09. The summed E-state index contributed by atoms with van der Waals surface area (Å²) in [4.78, 5) is 22.4. The van der Waals surface area contributed by atoms with Crippen molar-refractivity contribution in [3.05, 3.63) is 24.3 Å². The van der Waals surface area contributed by atoms with Gasteiger partial charge in [0.15, 0.2) is 0 Å². The minimum atomic E-state index is -0.419. The molecular weight excluding hydrogens is 232 g/mol. The number of anilines is 2. The van der Waals surface area contributed by atoms with Gasteiger partial charge in [0.2, 0.25) is 11.8 Å². The molecule has 6 heteroatoms. The largest absolute Gasteiger partial charge is 0.325 e. The van der Waals surface area contributed by atoms with Crippen LogP contribution in [0.15, 0.2) is 24.3 Å². The van der Waals surface area contributed by atoms with Crippen molar-refractivity contribution in [2.75, 3.05) is 10.6 Å². The van der Waals surface area contributed by atoms with Gasteiger partial charge in [-0.2, -0.15) is 10.5 Å². The van der Waals surface area contributed by atoms with E-state index in [-0.39, 0.29) is 12.8 Å². The quantitative estimate of drug-likeness (QED) is 0.831. The Hall–Kier alpha value is -2.86. The van der Waals surface area contributed by atoms with Gasteiger partial charge < -0.3 is 10.6 Å². The van der Waals surface area contributed by atoms with Gasteiger partial charge in [0.25, 0.3) is 0 Å². The molecule has 0 radical (unpaired) electrons. The maximum absolute atomic E-state index is 11.2. The summed E-state index contributed by atoms with van der Waals surface area (Å²) >= 11 is 0. The van der Waals surface area contributed by atoms with Crippen molar-refractivity contribution in [3.8, 4) is 12.1 Å². The number of carbonyl (C=O) groups is 2. The molecule has 2 amide bonds. The SMILES string of the molecule is N#CCC(=O)Nc1cccc(NC(=O)CC#N)c1. The minimum Gasteiger partial charge on any atom is -0.325 e. The van der Waals surface area contributed by atoms with Gasteiger partial charge in [-0.05, 0) is 18.2 Å². The lowest BCUT2D eigenvalue weighted by Crippen LogP contribution is -2.12. The van der Waals surface area contributed by atoms with E-state index in [9.17, 15) is 9.59 Å². The number of nitrogens with zero attached hydrogens (tertiary/aromatic N) is 2. The van der Waals surface area contributed by atoms with E-state index in [1.807, 2.05) is 0 Å². The molecule has 6 nitrogen and oxygen atoms in total. The second-order valence-corrected chi connectivity index (χ2v) is 3.35. The van der Waals surface area contributed by atoms with E-state index < -0.39 is 11.8 Å². The van der Waals surface area contributed by atoms with Crippen molar-refractivity contribution in [1.29, 1.82) is 10.5 Å². The van der Waals surface area contributed by atoms with Crippen molar-refractivity contribution >= 4 is 23.2 Å². The minimum absolute atomic E-state index is 0.231. The third kappa shape index (κ3) is 4.33. The number of amides is 2. The molecule has 1 aromatic rings. The highest BCUT2D eigenvalue weighted by atomic mass is 16.2. The van der Waals surface area contributed by atoms with Crippen molar-refractivity contribution in [1.82, 2.24) is 0 Å². The van der Waals surface area contributed by atoms with Gasteiger partial charge in [0, 0.05) is 11.4 Å². The molecule has 1 rings (SSSR count). The van der Waals surface area contributed by atoms with E-state index in [0.717, 1.165) is 0 Å². The monoisotopic (exact) mass is 242 g/mol. The van der Waals surface area contributed by atoms with Crippen molar-refractivity contribution in [2.45, 2.75) is 12.8 Å². The Morgan fingerprint density at radius 2 is 1.44 bits per heavy atom. The lowest BCUT2D eigenvalue weighted by molar-refractivity contribution is -0.116. The van der Waals surface area contributed by atoms with Gasteiger partial charge in [-0.3, -0.25) is 9.59 Å². The number of nitrogens with one attached hydrogen (secondary N) is 2. The van der Waals surface area contributed by atoms with Gasteiger partial charge in [0.1, 0.15) is 12.8 Å². The molecule has 0 aromatic heterocycles. The van der Waals surface area contributed by atoms with E-state index in [0.29, 0.717) is 11.4 Å². The Kier molecular flexibility index (Phi) is 4.89. The molecule has 0 atom stereocenters. The molecule has 18 heavy (non-hydrogen) atoms. The summed E-state index contributed by atoms with van der Waals surface area (Å²) in [6.07, 6.45) is -0.462. The fourth-order valence-electron chi connectivity index (χ4n) is 1.23. The van der Waals surface area contributed by atoms with Crippen LogP contribution in [-0.2, 0) is 9.59 Å². The van der Waals surface area contributed by atoms with Gasteiger partial charge in [0.05, 0.1) is 12.1 Å². The van der Waals surface area contributed by atoms with Crippen LogP contribution in [0.2, 0.25) is 0 Å². The zero-order chi connectivity index (χ0) is 13.4. The maximum atomic E-state index is 11.2. The van der Waals surface area contributed by atoms with Crippen LogP contribution in [0.1, 0.15) is 12.8 Å². The molecule has 0 aliphatic rings. The molecule has 0 aliphatic carbocycles. The molecule has 0 bridgehead atoms. The smallest absolute Gasteiger partial charge is 0.238 e. The summed E-state index contributed by atoms with van der Waals surface area (Å²) in [6.45, 7) is 0. The first-order valence-electron chi connectivity index (χ1n) is 5.09. The standard InChI is InChI=1S/C12H10N4O2/c13-6-4-11(17)15-9-2-1-3-10(8-9)16-12(18)5-7-14/h1-3,8H,4-5H2,(H,15,17)(H,16,18). The number of nitriles is 2. The van der Waals surface area contributed by atoms with Crippen molar-refractivity contribution in [3.63, 3.8) is 0 Å². The average Bonchev–Trinajstić information content (AvgIpc) is 2.29. The number of rotatable bonds is 4. The van der Waals surface area contributed by atoms with Gasteiger partial charge in [-0.15, -0.1) is 0 Å². The second kappa shape index (κ2) is 6.66. The van der Waals surface area contributed by atoms with E-state index in [4.69, 9.17) is 10.5 Å². The Balaban J connectivity index is 2.68. The fraction of sp³-hybridized carbons (Fsp3) is 0.167. The maximum Gasteiger partial charge on any atom is 0.238 e. The van der Waals surface area contributed by atoms with E-state index >= 15 is 0 Å². The summed E-state index contributed by atoms with van der Waals surface area (Å²) < 4.78 is 0. The van der Waals surface area contributed by atoms with Crippen LogP contribution in [0.3, 0.4) is 0 Å². The zero-order valence-corrected chi connectivity index (χ0v) is 9.43. The molecule has 0 saturated carbocycles. The highest BCUT2D eigenvalue weighted by Crippen LogP contribution is 2.15. The Morgan fingerprint density at radius 3 is 1.83 bits per heavy atom. The number of hydrogen-bond donors (Lipinski definition) is 2. The van der Waals surface area contributed by atoms with Crippen LogP contribution >= 0.6 is 0 Å². The highest BCUT2D eigenvalue weighted by molar-refractivity contribution is 5.95. The lowest BCUT2D eigenvalue weighted by atomic mass is 10.2. The topological polar surface area (TPSA) is 106 Å². The van der Waals surface area contributed by atoms with Crippen LogP contribution in [0.25, 0.3) is 0 Å². The van der Waals surface area contributed by atoms with E-state index in [1.54, 1.807) is 36.4 Å². The summed E-state index contributed by atoms with van der Waals surface area (Å²) in [5.74, 6) is -0.837.